The molecule has 3 N–H and O–H groups in total. The third-order valence-electron chi connectivity index (χ3n) is 4.99. The van der Waals surface area contributed by atoms with Crippen LogP contribution in [0.3, 0.4) is 0 Å². The van der Waals surface area contributed by atoms with Crippen molar-refractivity contribution in [2.75, 3.05) is 32.7 Å². The first-order valence-electron chi connectivity index (χ1n) is 8.01. The van der Waals surface area contributed by atoms with Crippen LogP contribution >= 0.6 is 0 Å². The van der Waals surface area contributed by atoms with E-state index in [0.717, 1.165) is 70.1 Å². The summed E-state index contributed by atoms with van der Waals surface area (Å²) < 4.78 is 0. The molecule has 2 atom stereocenters. The summed E-state index contributed by atoms with van der Waals surface area (Å²) in [5, 5.41) is 24.0. The summed E-state index contributed by atoms with van der Waals surface area (Å²) in [6.45, 7) is 6.82. The number of amidine groups is 3. The minimum Gasteiger partial charge on any atom is -0.360 e. The molecule has 3 aliphatic heterocycles. The number of likely N-dealkylation sites (tertiary alicyclic amines) is 2. The Hall–Kier alpha value is -1.59. The minimum atomic E-state index is 0.382. The second kappa shape index (κ2) is 5.66. The molecule has 0 aliphatic carbocycles. The molecule has 0 spiro atoms. The molecular weight excluding hydrogens is 264 g/mol. The van der Waals surface area contributed by atoms with E-state index in [9.17, 15) is 0 Å². The van der Waals surface area contributed by atoms with Crippen molar-refractivity contribution in [3.05, 3.63) is 0 Å². The van der Waals surface area contributed by atoms with E-state index in [4.69, 9.17) is 16.2 Å². The smallest absolute Gasteiger partial charge is 0.0979 e. The maximum atomic E-state index is 8.35. The topological polar surface area (TPSA) is 81.0 Å². The predicted octanol–water partition coefficient (Wildman–Crippen LogP) is 1.43. The van der Waals surface area contributed by atoms with Gasteiger partial charge in [0.05, 0.1) is 17.5 Å². The molecule has 3 heterocycles. The van der Waals surface area contributed by atoms with Gasteiger partial charge in [-0.15, -0.1) is 0 Å². The van der Waals surface area contributed by atoms with Crippen LogP contribution in [-0.4, -0.2) is 71.0 Å². The first kappa shape index (κ1) is 14.4. The molecule has 0 amide bonds. The quantitative estimate of drug-likeness (QED) is 0.416. The van der Waals surface area contributed by atoms with Crippen molar-refractivity contribution < 1.29 is 0 Å². The molecule has 2 unspecified atom stereocenters. The first-order valence-corrected chi connectivity index (χ1v) is 8.01. The minimum absolute atomic E-state index is 0.382. The lowest BCUT2D eigenvalue weighted by Gasteiger charge is -2.43. The molecule has 3 fully saturated rings. The van der Waals surface area contributed by atoms with Crippen LogP contribution in [0.1, 0.15) is 32.6 Å². The van der Waals surface area contributed by atoms with E-state index >= 15 is 0 Å². The van der Waals surface area contributed by atoms with Crippen LogP contribution in [0.4, 0.5) is 0 Å². The van der Waals surface area contributed by atoms with Crippen molar-refractivity contribution in [2.45, 2.75) is 38.6 Å². The zero-order chi connectivity index (χ0) is 15.0. The Morgan fingerprint density at radius 2 is 1.67 bits per heavy atom. The van der Waals surface area contributed by atoms with Crippen LogP contribution in [0, 0.1) is 22.1 Å². The van der Waals surface area contributed by atoms with Crippen LogP contribution in [0.5, 0.6) is 0 Å². The molecule has 116 valence electrons. The number of nitrogens with one attached hydrogen (secondary N) is 3. The summed E-state index contributed by atoms with van der Waals surface area (Å²) in [5.74, 6) is 2.67. The zero-order valence-electron chi connectivity index (χ0n) is 12.9. The summed E-state index contributed by atoms with van der Waals surface area (Å²) in [6.07, 6.45) is 3.85. The maximum Gasteiger partial charge on any atom is 0.0979 e. The Morgan fingerprint density at radius 1 is 0.905 bits per heavy atom. The van der Waals surface area contributed by atoms with E-state index in [2.05, 4.69) is 14.7 Å². The Kier molecular flexibility index (Phi) is 3.87. The van der Waals surface area contributed by atoms with Crippen LogP contribution in [-0.2, 0) is 0 Å². The number of rotatable bonds is 4. The van der Waals surface area contributed by atoms with Crippen molar-refractivity contribution in [3.8, 4) is 0 Å². The predicted molar refractivity (Wildman–Crippen MR) is 84.5 cm³/mol. The molecular formula is C15H26N6. The molecule has 3 aliphatic rings. The van der Waals surface area contributed by atoms with Crippen LogP contribution in [0.15, 0.2) is 0 Å². The largest absolute Gasteiger partial charge is 0.360 e. The standard InChI is InChI=1S/C15H26N6/c1-11(16)20-4-2-12(10-20)8-15(18)21-5-3-13(21)9-14(17)19-6-7-19/h12-13,16-18H,2-10H2,1H3. The van der Waals surface area contributed by atoms with E-state index in [-0.39, 0.29) is 0 Å². The van der Waals surface area contributed by atoms with Gasteiger partial charge in [0.2, 0.25) is 0 Å². The van der Waals surface area contributed by atoms with Gasteiger partial charge in [-0.05, 0) is 25.7 Å². The number of nitrogens with zero attached hydrogens (tertiary/aromatic N) is 3. The molecule has 0 bridgehead atoms. The average molecular weight is 290 g/mol. The molecule has 3 saturated heterocycles. The van der Waals surface area contributed by atoms with Gasteiger partial charge in [-0.25, -0.2) is 0 Å². The summed E-state index contributed by atoms with van der Waals surface area (Å²) in [6, 6.07) is 0.382. The van der Waals surface area contributed by atoms with Crippen molar-refractivity contribution in [2.24, 2.45) is 5.92 Å². The van der Waals surface area contributed by atoms with Crippen LogP contribution in [0.2, 0.25) is 0 Å². The van der Waals surface area contributed by atoms with Gasteiger partial charge in [0.1, 0.15) is 0 Å². The second-order valence-electron chi connectivity index (χ2n) is 6.61. The summed E-state index contributed by atoms with van der Waals surface area (Å²) >= 11 is 0. The van der Waals surface area contributed by atoms with Gasteiger partial charge in [0.15, 0.2) is 0 Å². The molecule has 0 aromatic carbocycles. The van der Waals surface area contributed by atoms with Gasteiger partial charge >= 0.3 is 0 Å². The first-order chi connectivity index (χ1) is 10.0. The number of hydrogen-bond acceptors (Lipinski definition) is 3. The third-order valence-corrected chi connectivity index (χ3v) is 4.99. The third kappa shape index (κ3) is 3.19. The molecule has 0 saturated carbocycles. The molecule has 0 aromatic rings. The number of hydrogen-bond donors (Lipinski definition) is 3. The van der Waals surface area contributed by atoms with Crippen molar-refractivity contribution >= 4 is 17.5 Å². The van der Waals surface area contributed by atoms with Gasteiger partial charge in [0.25, 0.3) is 0 Å². The SMILES string of the molecule is CC(=N)N1CCC(CC(=N)N2CCC2CC(=N)N2CC2)C1. The molecule has 6 heteroatoms. The molecule has 6 nitrogen and oxygen atoms in total. The van der Waals surface area contributed by atoms with Gasteiger partial charge in [-0.3, -0.25) is 16.2 Å². The van der Waals surface area contributed by atoms with Gasteiger partial charge in [-0.2, -0.15) is 0 Å². The van der Waals surface area contributed by atoms with Gasteiger partial charge in [0, 0.05) is 51.6 Å². The highest BCUT2D eigenvalue weighted by molar-refractivity contribution is 5.84. The maximum absolute atomic E-state index is 8.35. The van der Waals surface area contributed by atoms with Crippen LogP contribution in [0.25, 0.3) is 0 Å². The molecule has 21 heavy (non-hydrogen) atoms. The van der Waals surface area contributed by atoms with Gasteiger partial charge < -0.3 is 14.7 Å². The van der Waals surface area contributed by atoms with E-state index < -0.39 is 0 Å². The Morgan fingerprint density at radius 3 is 2.19 bits per heavy atom. The molecule has 0 aromatic heterocycles. The monoisotopic (exact) mass is 290 g/mol. The highest BCUT2D eigenvalue weighted by atomic mass is 15.3. The highest BCUT2D eigenvalue weighted by Gasteiger charge is 2.35. The van der Waals surface area contributed by atoms with Crippen molar-refractivity contribution in [1.82, 2.24) is 14.7 Å². The fourth-order valence-electron chi connectivity index (χ4n) is 3.38. The lowest BCUT2D eigenvalue weighted by molar-refractivity contribution is 0.181. The van der Waals surface area contributed by atoms with Gasteiger partial charge in [-0.1, -0.05) is 0 Å². The zero-order valence-corrected chi connectivity index (χ0v) is 12.9. The van der Waals surface area contributed by atoms with E-state index in [1.807, 2.05) is 6.92 Å². The Bertz CT molecular complexity index is 455. The fraction of sp³-hybridized carbons (Fsp3) is 0.800. The molecule has 3 rings (SSSR count). The fourth-order valence-corrected chi connectivity index (χ4v) is 3.38. The van der Waals surface area contributed by atoms with E-state index in [1.54, 1.807) is 0 Å². The Labute approximate surface area is 126 Å². The highest BCUT2D eigenvalue weighted by Crippen LogP contribution is 2.27. The van der Waals surface area contributed by atoms with E-state index in [1.165, 1.54) is 0 Å². The lowest BCUT2D eigenvalue weighted by atomic mass is 9.95. The summed E-state index contributed by atoms with van der Waals surface area (Å²) in [4.78, 5) is 6.40. The normalized spacial score (nSPS) is 27.6. The average Bonchev–Trinajstić information content (AvgIpc) is 3.14. The summed E-state index contributed by atoms with van der Waals surface area (Å²) in [5.41, 5.74) is 0. The lowest BCUT2D eigenvalue weighted by Crippen LogP contribution is -2.52. The van der Waals surface area contributed by atoms with Crippen molar-refractivity contribution in [1.29, 1.82) is 16.2 Å². The summed E-state index contributed by atoms with van der Waals surface area (Å²) in [7, 11) is 0. The van der Waals surface area contributed by atoms with Crippen LogP contribution < -0.4 is 0 Å². The van der Waals surface area contributed by atoms with Crippen molar-refractivity contribution in [3.63, 3.8) is 0 Å². The van der Waals surface area contributed by atoms with E-state index in [0.29, 0.717) is 17.8 Å². The Balaban J connectivity index is 1.45. The second-order valence-corrected chi connectivity index (χ2v) is 6.61. The molecule has 0 radical (unpaired) electrons.